The molecule has 0 aromatic rings. The molecular weight excluding hydrogens is 196 g/mol. The van der Waals surface area contributed by atoms with Gasteiger partial charge in [0.1, 0.15) is 0 Å². The maximum Gasteiger partial charge on any atom is 0.319 e. The number of carbonyl (C=O) groups is 2. The van der Waals surface area contributed by atoms with Crippen molar-refractivity contribution in [2.45, 2.75) is 27.2 Å². The molecule has 0 aromatic heterocycles. The number of carbonyl (C=O) groups excluding carboxylic acids is 2. The Balaban J connectivity index is 3.46. The molecule has 5 heteroatoms. The van der Waals surface area contributed by atoms with Crippen molar-refractivity contribution in [1.29, 1.82) is 0 Å². The zero-order valence-electron chi connectivity index (χ0n) is 9.63. The van der Waals surface area contributed by atoms with E-state index in [1.165, 1.54) is 0 Å². The molecule has 88 valence electrons. The molecule has 0 aliphatic carbocycles. The van der Waals surface area contributed by atoms with E-state index < -0.39 is 5.91 Å². The Morgan fingerprint density at radius 2 is 1.87 bits per heavy atom. The summed E-state index contributed by atoms with van der Waals surface area (Å²) < 4.78 is 4.95. The van der Waals surface area contributed by atoms with E-state index in [0.29, 0.717) is 6.61 Å². The van der Waals surface area contributed by atoms with Crippen LogP contribution in [0.1, 0.15) is 27.2 Å². The molecule has 0 unspecified atom stereocenters. The Hall–Kier alpha value is -1.10. The molecule has 0 heterocycles. The van der Waals surface area contributed by atoms with Gasteiger partial charge in [-0.15, -0.1) is 0 Å². The molecule has 0 fully saturated rings. The molecule has 5 nitrogen and oxygen atoms in total. The van der Waals surface area contributed by atoms with Crippen molar-refractivity contribution >= 4 is 11.9 Å². The maximum atomic E-state index is 11.1. The van der Waals surface area contributed by atoms with E-state index in [-0.39, 0.29) is 24.5 Å². The molecular formula is C10H20N2O3. The lowest BCUT2D eigenvalue weighted by Gasteiger charge is -2.17. The van der Waals surface area contributed by atoms with Crippen LogP contribution >= 0.6 is 0 Å². The number of amides is 1. The Bertz CT molecular complexity index is 221. The van der Waals surface area contributed by atoms with Gasteiger partial charge in [0, 0.05) is 0 Å². The van der Waals surface area contributed by atoms with Crippen molar-refractivity contribution in [3.8, 4) is 0 Å². The van der Waals surface area contributed by atoms with Crippen LogP contribution < -0.4 is 11.1 Å². The minimum absolute atomic E-state index is 0.00558. The second-order valence-electron chi connectivity index (χ2n) is 4.60. The van der Waals surface area contributed by atoms with Crippen LogP contribution in [0.25, 0.3) is 0 Å². The number of hydrogen-bond acceptors (Lipinski definition) is 4. The second kappa shape index (κ2) is 6.40. The van der Waals surface area contributed by atoms with Gasteiger partial charge in [0.05, 0.1) is 19.7 Å². The normalized spacial score (nSPS) is 11.1. The molecule has 0 saturated heterocycles. The van der Waals surface area contributed by atoms with E-state index in [9.17, 15) is 9.59 Å². The van der Waals surface area contributed by atoms with Crippen LogP contribution in [0.3, 0.4) is 0 Å². The van der Waals surface area contributed by atoms with Crippen LogP contribution in [0.2, 0.25) is 0 Å². The summed E-state index contributed by atoms with van der Waals surface area (Å²) in [7, 11) is 0. The highest BCUT2D eigenvalue weighted by Gasteiger charge is 2.11. The van der Waals surface area contributed by atoms with Gasteiger partial charge in [-0.3, -0.25) is 14.9 Å². The number of nitrogens with one attached hydrogen (secondary N) is 1. The molecule has 0 bridgehead atoms. The van der Waals surface area contributed by atoms with Crippen LogP contribution in [0.15, 0.2) is 0 Å². The second-order valence-corrected chi connectivity index (χ2v) is 4.60. The van der Waals surface area contributed by atoms with Gasteiger partial charge in [0.15, 0.2) is 0 Å². The fourth-order valence-corrected chi connectivity index (χ4v) is 0.810. The molecule has 15 heavy (non-hydrogen) atoms. The highest BCUT2D eigenvalue weighted by atomic mass is 16.5. The lowest BCUT2D eigenvalue weighted by molar-refractivity contribution is -0.143. The van der Waals surface area contributed by atoms with Crippen LogP contribution in [0.5, 0.6) is 0 Å². The summed E-state index contributed by atoms with van der Waals surface area (Å²) in [6.45, 7) is 6.65. The Morgan fingerprint density at radius 1 is 1.27 bits per heavy atom. The van der Waals surface area contributed by atoms with Gasteiger partial charge >= 0.3 is 5.97 Å². The highest BCUT2D eigenvalue weighted by Crippen LogP contribution is 2.17. The monoisotopic (exact) mass is 216 g/mol. The number of nitrogens with two attached hydrogens (primary N) is 1. The predicted octanol–water partition coefficient (Wildman–Crippen LogP) is 0.0407. The number of hydrogen-bond donors (Lipinski definition) is 2. The molecule has 0 aliphatic heterocycles. The fraction of sp³-hybridized carbons (Fsp3) is 0.800. The first-order valence-electron chi connectivity index (χ1n) is 4.96. The summed E-state index contributed by atoms with van der Waals surface area (Å²) in [4.78, 5) is 21.4. The first kappa shape index (κ1) is 13.9. The van der Waals surface area contributed by atoms with E-state index in [1.54, 1.807) is 0 Å². The molecule has 0 aliphatic rings. The zero-order valence-corrected chi connectivity index (χ0v) is 9.63. The van der Waals surface area contributed by atoms with Crippen molar-refractivity contribution in [3.05, 3.63) is 0 Å². The van der Waals surface area contributed by atoms with Crippen molar-refractivity contribution in [1.82, 2.24) is 5.32 Å². The summed E-state index contributed by atoms with van der Waals surface area (Å²) in [5, 5.41) is 2.58. The maximum absolute atomic E-state index is 11.1. The first-order chi connectivity index (χ1) is 6.81. The third-order valence-corrected chi connectivity index (χ3v) is 1.68. The van der Waals surface area contributed by atoms with Crippen molar-refractivity contribution in [2.24, 2.45) is 11.1 Å². The van der Waals surface area contributed by atoms with Crippen LogP contribution in [0.4, 0.5) is 0 Å². The Kier molecular flexibility index (Phi) is 5.93. The first-order valence-corrected chi connectivity index (χ1v) is 4.96. The molecule has 3 N–H and O–H groups in total. The Morgan fingerprint density at radius 3 is 2.33 bits per heavy atom. The molecule has 0 atom stereocenters. The molecule has 0 radical (unpaired) electrons. The fourth-order valence-electron chi connectivity index (χ4n) is 0.810. The largest absolute Gasteiger partial charge is 0.465 e. The van der Waals surface area contributed by atoms with Gasteiger partial charge in [-0.05, 0) is 11.8 Å². The van der Waals surface area contributed by atoms with E-state index in [0.717, 1.165) is 6.42 Å². The van der Waals surface area contributed by atoms with Gasteiger partial charge in [0.2, 0.25) is 5.91 Å². The lowest BCUT2D eigenvalue weighted by atomic mass is 9.93. The van der Waals surface area contributed by atoms with Crippen LogP contribution in [-0.4, -0.2) is 31.6 Å². The molecule has 0 spiro atoms. The van der Waals surface area contributed by atoms with Gasteiger partial charge in [0.25, 0.3) is 0 Å². The average molecular weight is 216 g/mol. The van der Waals surface area contributed by atoms with E-state index in [2.05, 4.69) is 26.1 Å². The minimum atomic E-state index is -0.488. The summed E-state index contributed by atoms with van der Waals surface area (Å²) in [5.41, 5.74) is 5.04. The predicted molar refractivity (Wildman–Crippen MR) is 57.1 cm³/mol. The SMILES string of the molecule is CC(C)(C)CCOC(=O)CNCC(N)=O. The average Bonchev–Trinajstić information content (AvgIpc) is 2.00. The zero-order chi connectivity index (χ0) is 11.9. The summed E-state index contributed by atoms with van der Waals surface area (Å²) in [6.07, 6.45) is 0.814. The molecule has 0 aromatic carbocycles. The third-order valence-electron chi connectivity index (χ3n) is 1.68. The quantitative estimate of drug-likeness (QED) is 0.614. The van der Waals surface area contributed by atoms with Crippen molar-refractivity contribution < 1.29 is 14.3 Å². The van der Waals surface area contributed by atoms with Crippen LogP contribution in [0, 0.1) is 5.41 Å². The summed E-state index contributed by atoms with van der Waals surface area (Å²) >= 11 is 0. The number of primary amides is 1. The van der Waals surface area contributed by atoms with Gasteiger partial charge in [-0.1, -0.05) is 20.8 Å². The number of rotatable bonds is 6. The number of ether oxygens (including phenoxy) is 1. The minimum Gasteiger partial charge on any atom is -0.465 e. The number of esters is 1. The van der Waals surface area contributed by atoms with Gasteiger partial charge in [-0.25, -0.2) is 0 Å². The van der Waals surface area contributed by atoms with Crippen molar-refractivity contribution in [2.75, 3.05) is 19.7 Å². The van der Waals surface area contributed by atoms with Gasteiger partial charge in [-0.2, -0.15) is 0 Å². The van der Waals surface area contributed by atoms with E-state index >= 15 is 0 Å². The van der Waals surface area contributed by atoms with E-state index in [1.807, 2.05) is 0 Å². The van der Waals surface area contributed by atoms with Crippen LogP contribution in [-0.2, 0) is 14.3 Å². The van der Waals surface area contributed by atoms with Gasteiger partial charge < -0.3 is 10.5 Å². The lowest BCUT2D eigenvalue weighted by Crippen LogP contribution is -2.33. The summed E-state index contributed by atoms with van der Waals surface area (Å²) in [5.74, 6) is -0.849. The molecule has 0 saturated carbocycles. The standard InChI is InChI=1S/C10H20N2O3/c1-10(2,3)4-5-15-9(14)7-12-6-8(11)13/h12H,4-7H2,1-3H3,(H2,11,13). The van der Waals surface area contributed by atoms with Crippen molar-refractivity contribution in [3.63, 3.8) is 0 Å². The smallest absolute Gasteiger partial charge is 0.319 e. The van der Waals surface area contributed by atoms with E-state index in [4.69, 9.17) is 10.5 Å². The summed E-state index contributed by atoms with van der Waals surface area (Å²) in [6, 6.07) is 0. The molecule has 0 rings (SSSR count). The Labute approximate surface area is 90.4 Å². The third kappa shape index (κ3) is 10.8. The highest BCUT2D eigenvalue weighted by molar-refractivity contribution is 5.77. The topological polar surface area (TPSA) is 81.4 Å². The molecule has 1 amide bonds.